The summed E-state index contributed by atoms with van der Waals surface area (Å²) in [5.41, 5.74) is 4.72. The Morgan fingerprint density at radius 2 is 1.87 bits per heavy atom. The molecule has 1 amide bonds. The van der Waals surface area contributed by atoms with Gasteiger partial charge in [-0.3, -0.25) is 4.79 Å². The van der Waals surface area contributed by atoms with E-state index in [1.165, 1.54) is 6.21 Å². The van der Waals surface area contributed by atoms with Crippen molar-refractivity contribution in [1.82, 2.24) is 5.43 Å². The number of amides is 1. The van der Waals surface area contributed by atoms with E-state index in [4.69, 9.17) is 25.5 Å². The van der Waals surface area contributed by atoms with E-state index in [-0.39, 0.29) is 5.76 Å². The lowest BCUT2D eigenvalue weighted by Crippen LogP contribution is -2.16. The van der Waals surface area contributed by atoms with Crippen LogP contribution in [0.2, 0.25) is 5.02 Å². The monoisotopic (exact) mass is 434 g/mol. The highest BCUT2D eigenvalue weighted by Crippen LogP contribution is 2.29. The number of hydrazone groups is 1. The number of carbonyl (C=O) groups is 1. The summed E-state index contributed by atoms with van der Waals surface area (Å²) >= 11 is 6.17. The molecule has 0 fully saturated rings. The first kappa shape index (κ1) is 20.5. The van der Waals surface area contributed by atoms with Gasteiger partial charge in [0.15, 0.2) is 17.3 Å². The number of hydrogen-bond donors (Lipinski definition) is 1. The smallest absolute Gasteiger partial charge is 0.307 e. The van der Waals surface area contributed by atoms with Crippen molar-refractivity contribution in [3.05, 3.63) is 94.7 Å². The van der Waals surface area contributed by atoms with Gasteiger partial charge in [0.1, 0.15) is 12.2 Å². The van der Waals surface area contributed by atoms with Crippen LogP contribution in [0.15, 0.2) is 82.3 Å². The maximum Gasteiger partial charge on any atom is 0.307 e. The fourth-order valence-corrected chi connectivity index (χ4v) is 3.16. The van der Waals surface area contributed by atoms with Gasteiger partial charge in [0, 0.05) is 16.0 Å². The molecule has 0 aliphatic heterocycles. The second kappa shape index (κ2) is 9.36. The van der Waals surface area contributed by atoms with Gasteiger partial charge >= 0.3 is 5.91 Å². The predicted molar refractivity (Wildman–Crippen MR) is 120 cm³/mol. The molecule has 156 valence electrons. The summed E-state index contributed by atoms with van der Waals surface area (Å²) in [6.07, 6.45) is 1.51. The summed E-state index contributed by atoms with van der Waals surface area (Å²) < 4.78 is 16.8. The lowest BCUT2D eigenvalue weighted by molar-refractivity contribution is 0.0929. The third kappa shape index (κ3) is 4.87. The number of fused-ring (bicyclic) bond motifs is 1. The van der Waals surface area contributed by atoms with E-state index in [0.29, 0.717) is 28.7 Å². The molecule has 6 nitrogen and oxygen atoms in total. The number of nitrogens with one attached hydrogen (secondary N) is 1. The van der Waals surface area contributed by atoms with Crippen molar-refractivity contribution >= 4 is 34.7 Å². The van der Waals surface area contributed by atoms with Crippen molar-refractivity contribution in [2.24, 2.45) is 5.10 Å². The molecule has 1 heterocycles. The SMILES string of the molecule is COc1cc(/C=N/NC(=O)c2cc3ccccc3o2)ccc1OCc1ccccc1Cl. The Labute approximate surface area is 184 Å². The molecule has 3 aromatic carbocycles. The number of para-hydroxylation sites is 1. The predicted octanol–water partition coefficient (Wildman–Crippen LogP) is 5.44. The number of ether oxygens (including phenoxy) is 2. The zero-order valence-electron chi connectivity index (χ0n) is 16.7. The molecule has 0 unspecified atom stereocenters. The fraction of sp³-hybridized carbons (Fsp3) is 0.0833. The largest absolute Gasteiger partial charge is 0.493 e. The Bertz CT molecular complexity index is 1220. The van der Waals surface area contributed by atoms with Crippen molar-refractivity contribution in [1.29, 1.82) is 0 Å². The van der Waals surface area contributed by atoms with Gasteiger partial charge in [-0.15, -0.1) is 0 Å². The lowest BCUT2D eigenvalue weighted by Gasteiger charge is -2.12. The maximum atomic E-state index is 12.3. The zero-order chi connectivity index (χ0) is 21.6. The summed E-state index contributed by atoms with van der Waals surface area (Å²) in [4.78, 5) is 12.3. The molecular weight excluding hydrogens is 416 g/mol. The van der Waals surface area contributed by atoms with Gasteiger partial charge in [0.05, 0.1) is 13.3 Å². The van der Waals surface area contributed by atoms with Crippen LogP contribution in [0.4, 0.5) is 0 Å². The normalized spacial score (nSPS) is 11.0. The molecule has 31 heavy (non-hydrogen) atoms. The number of rotatable bonds is 7. The van der Waals surface area contributed by atoms with Crippen molar-refractivity contribution in [3.8, 4) is 11.5 Å². The van der Waals surface area contributed by atoms with Gasteiger partial charge < -0.3 is 13.9 Å². The fourth-order valence-electron chi connectivity index (χ4n) is 2.97. The van der Waals surface area contributed by atoms with Gasteiger partial charge in [-0.2, -0.15) is 5.10 Å². The van der Waals surface area contributed by atoms with Crippen LogP contribution in [0.5, 0.6) is 11.5 Å². The molecule has 4 aromatic rings. The summed E-state index contributed by atoms with van der Waals surface area (Å²) in [6, 6.07) is 21.9. The number of benzene rings is 3. The quantitative estimate of drug-likeness (QED) is 0.310. The Morgan fingerprint density at radius 3 is 2.68 bits per heavy atom. The number of furan rings is 1. The molecule has 0 bridgehead atoms. The Hall–Kier alpha value is -3.77. The van der Waals surface area contributed by atoms with Gasteiger partial charge in [-0.1, -0.05) is 48.0 Å². The molecule has 7 heteroatoms. The van der Waals surface area contributed by atoms with Gasteiger partial charge in [-0.05, 0) is 42.0 Å². The van der Waals surface area contributed by atoms with Crippen molar-refractivity contribution in [2.75, 3.05) is 7.11 Å². The molecule has 0 spiro atoms. The molecule has 1 N–H and O–H groups in total. The van der Waals surface area contributed by atoms with Crippen LogP contribution in [0.1, 0.15) is 21.7 Å². The minimum absolute atomic E-state index is 0.194. The van der Waals surface area contributed by atoms with Crippen LogP contribution < -0.4 is 14.9 Å². The maximum absolute atomic E-state index is 12.3. The summed E-state index contributed by atoms with van der Waals surface area (Å²) in [5, 5.41) is 5.50. The van der Waals surface area contributed by atoms with Crippen LogP contribution in [0.3, 0.4) is 0 Å². The number of nitrogens with zero attached hydrogens (tertiary/aromatic N) is 1. The van der Waals surface area contributed by atoms with E-state index in [0.717, 1.165) is 16.5 Å². The first-order chi connectivity index (χ1) is 15.1. The van der Waals surface area contributed by atoms with E-state index < -0.39 is 5.91 Å². The molecule has 0 aliphatic rings. The Kier molecular flexibility index (Phi) is 6.19. The van der Waals surface area contributed by atoms with Gasteiger partial charge in [0.25, 0.3) is 0 Å². The lowest BCUT2D eigenvalue weighted by atomic mass is 10.2. The van der Waals surface area contributed by atoms with E-state index >= 15 is 0 Å². The van der Waals surface area contributed by atoms with E-state index in [2.05, 4.69) is 10.5 Å². The highest BCUT2D eigenvalue weighted by Gasteiger charge is 2.11. The standard InChI is InChI=1S/C24H19ClN2O4/c1-29-22-12-16(10-11-21(22)30-15-18-7-2-4-8-19(18)25)14-26-27-24(28)23-13-17-6-3-5-9-20(17)31-23/h2-14H,15H2,1H3,(H,27,28)/b26-14+. The number of methoxy groups -OCH3 is 1. The average molecular weight is 435 g/mol. The molecule has 0 saturated heterocycles. The van der Waals surface area contributed by atoms with Crippen LogP contribution in [-0.4, -0.2) is 19.2 Å². The first-order valence-electron chi connectivity index (χ1n) is 9.50. The summed E-state index contributed by atoms with van der Waals surface area (Å²) in [5.74, 6) is 0.879. The Balaban J connectivity index is 1.40. The summed E-state index contributed by atoms with van der Waals surface area (Å²) in [7, 11) is 1.56. The minimum atomic E-state index is -0.431. The van der Waals surface area contributed by atoms with Crippen molar-refractivity contribution in [3.63, 3.8) is 0 Å². The topological polar surface area (TPSA) is 73.1 Å². The second-order valence-corrected chi connectivity index (χ2v) is 7.05. The minimum Gasteiger partial charge on any atom is -0.493 e. The highest BCUT2D eigenvalue weighted by atomic mass is 35.5. The van der Waals surface area contributed by atoms with Crippen molar-refractivity contribution < 1.29 is 18.7 Å². The number of halogens is 1. The highest BCUT2D eigenvalue weighted by molar-refractivity contribution is 6.31. The van der Waals surface area contributed by atoms with Gasteiger partial charge in [-0.25, -0.2) is 5.43 Å². The molecule has 0 radical (unpaired) electrons. The van der Waals surface area contributed by atoms with Crippen LogP contribution >= 0.6 is 11.6 Å². The van der Waals surface area contributed by atoms with Crippen molar-refractivity contribution in [2.45, 2.75) is 6.61 Å². The third-order valence-corrected chi connectivity index (χ3v) is 4.93. The van der Waals surface area contributed by atoms with Gasteiger partial charge in [0.2, 0.25) is 0 Å². The first-order valence-corrected chi connectivity index (χ1v) is 9.88. The average Bonchev–Trinajstić information content (AvgIpc) is 3.23. The summed E-state index contributed by atoms with van der Waals surface area (Å²) in [6.45, 7) is 0.316. The Morgan fingerprint density at radius 1 is 1.06 bits per heavy atom. The zero-order valence-corrected chi connectivity index (χ0v) is 17.4. The van der Waals surface area contributed by atoms with E-state index in [9.17, 15) is 4.79 Å². The molecule has 0 atom stereocenters. The third-order valence-electron chi connectivity index (χ3n) is 4.56. The van der Waals surface area contributed by atoms with E-state index in [1.54, 1.807) is 37.4 Å². The molecule has 4 rings (SSSR count). The molecule has 0 aliphatic carbocycles. The van der Waals surface area contributed by atoms with Crippen LogP contribution in [0.25, 0.3) is 11.0 Å². The number of hydrogen-bond acceptors (Lipinski definition) is 5. The molecule has 1 aromatic heterocycles. The molecular formula is C24H19ClN2O4. The van der Waals surface area contributed by atoms with Crippen LogP contribution in [-0.2, 0) is 6.61 Å². The van der Waals surface area contributed by atoms with E-state index in [1.807, 2.05) is 42.5 Å². The molecule has 0 saturated carbocycles. The van der Waals surface area contributed by atoms with Crippen LogP contribution in [0, 0.1) is 0 Å². The second-order valence-electron chi connectivity index (χ2n) is 6.64. The number of carbonyl (C=O) groups excluding carboxylic acids is 1.